The van der Waals surface area contributed by atoms with Crippen molar-refractivity contribution < 1.29 is 0 Å². The number of nitrogens with zero attached hydrogens (tertiary/aromatic N) is 4. The van der Waals surface area contributed by atoms with E-state index in [0.29, 0.717) is 11.6 Å². The number of aliphatic imine (C=N–C) groups is 1. The van der Waals surface area contributed by atoms with E-state index in [1.165, 1.54) is 10.4 Å². The van der Waals surface area contributed by atoms with Gasteiger partial charge < -0.3 is 0 Å². The highest BCUT2D eigenvalue weighted by molar-refractivity contribution is 7.15. The molecule has 0 saturated heterocycles. The number of aryl methyl sites for hydroxylation is 3. The average molecular weight is 419 g/mol. The third-order valence-electron chi connectivity index (χ3n) is 5.12. The molecule has 0 spiro atoms. The summed E-state index contributed by atoms with van der Waals surface area (Å²) >= 11 is 8.32. The maximum absolute atomic E-state index is 6.53. The fourth-order valence-electron chi connectivity index (χ4n) is 3.69. The highest BCUT2D eigenvalue weighted by atomic mass is 35.5. The molecule has 0 bridgehead atoms. The lowest BCUT2D eigenvalue weighted by molar-refractivity contribution is 0.869. The lowest BCUT2D eigenvalue weighted by Gasteiger charge is -2.08. The van der Waals surface area contributed by atoms with Gasteiger partial charge in [-0.05, 0) is 37.5 Å². The number of hydrogen-bond acceptors (Lipinski definition) is 4. The maximum Gasteiger partial charge on any atom is 0.160 e. The van der Waals surface area contributed by atoms with Gasteiger partial charge in [0, 0.05) is 21.0 Å². The van der Waals surface area contributed by atoms with Crippen molar-refractivity contribution in [2.45, 2.75) is 26.3 Å². The second kappa shape index (κ2) is 7.58. The molecule has 4 nitrogen and oxygen atoms in total. The van der Waals surface area contributed by atoms with Gasteiger partial charge in [0.15, 0.2) is 5.82 Å². The summed E-state index contributed by atoms with van der Waals surface area (Å²) in [5.41, 5.74) is 4.34. The van der Waals surface area contributed by atoms with E-state index in [9.17, 15) is 0 Å². The van der Waals surface area contributed by atoms with Crippen molar-refractivity contribution in [1.29, 1.82) is 0 Å². The summed E-state index contributed by atoms with van der Waals surface area (Å²) in [6.45, 7) is 2.48. The van der Waals surface area contributed by atoms with E-state index in [-0.39, 0.29) is 0 Å². The van der Waals surface area contributed by atoms with Crippen LogP contribution in [0.1, 0.15) is 33.2 Å². The summed E-state index contributed by atoms with van der Waals surface area (Å²) in [5, 5.41) is 10.5. The van der Waals surface area contributed by atoms with E-state index >= 15 is 0 Å². The van der Waals surface area contributed by atoms with Crippen molar-refractivity contribution in [1.82, 2.24) is 14.8 Å². The van der Waals surface area contributed by atoms with Crippen LogP contribution in [-0.2, 0) is 19.4 Å². The van der Waals surface area contributed by atoms with Gasteiger partial charge in [-0.3, -0.25) is 9.56 Å². The Morgan fingerprint density at radius 2 is 1.76 bits per heavy atom. The number of aromatic nitrogens is 3. The predicted molar refractivity (Wildman–Crippen MR) is 119 cm³/mol. The van der Waals surface area contributed by atoms with E-state index in [4.69, 9.17) is 16.6 Å². The van der Waals surface area contributed by atoms with Crippen LogP contribution in [0, 0.1) is 6.92 Å². The Kier molecular flexibility index (Phi) is 4.78. The molecule has 0 atom stereocenters. The fourth-order valence-corrected chi connectivity index (χ4v) is 5.14. The van der Waals surface area contributed by atoms with Crippen LogP contribution in [-0.4, -0.2) is 20.5 Å². The number of fused-ring (bicyclic) bond motifs is 3. The zero-order valence-electron chi connectivity index (χ0n) is 16.0. The fraction of sp³-hybridized carbons (Fsp3) is 0.174. The summed E-state index contributed by atoms with van der Waals surface area (Å²) in [4.78, 5) is 6.22. The molecule has 2 aromatic heterocycles. The van der Waals surface area contributed by atoms with Crippen LogP contribution in [0.15, 0.2) is 65.7 Å². The van der Waals surface area contributed by atoms with Crippen molar-refractivity contribution in [3.05, 3.63) is 98.9 Å². The average Bonchev–Trinajstić information content (AvgIpc) is 3.28. The molecular formula is C23H19ClN4S. The Morgan fingerprint density at radius 3 is 2.59 bits per heavy atom. The minimum absolute atomic E-state index is 0.488. The first-order valence-corrected chi connectivity index (χ1v) is 10.8. The zero-order chi connectivity index (χ0) is 19.8. The highest BCUT2D eigenvalue weighted by Crippen LogP contribution is 2.34. The van der Waals surface area contributed by atoms with Gasteiger partial charge in [-0.15, -0.1) is 21.5 Å². The molecule has 5 rings (SSSR count). The van der Waals surface area contributed by atoms with Crippen molar-refractivity contribution >= 4 is 28.6 Å². The van der Waals surface area contributed by atoms with E-state index in [1.54, 1.807) is 11.3 Å². The van der Waals surface area contributed by atoms with Gasteiger partial charge in [-0.25, -0.2) is 0 Å². The third kappa shape index (κ3) is 3.41. The summed E-state index contributed by atoms with van der Waals surface area (Å²) in [7, 11) is 0. The minimum Gasteiger partial charge on any atom is -0.276 e. The Morgan fingerprint density at radius 1 is 0.966 bits per heavy atom. The topological polar surface area (TPSA) is 43.1 Å². The van der Waals surface area contributed by atoms with E-state index < -0.39 is 0 Å². The number of hydrogen-bond donors (Lipinski definition) is 0. The van der Waals surface area contributed by atoms with Gasteiger partial charge in [0.1, 0.15) is 17.4 Å². The van der Waals surface area contributed by atoms with Crippen LogP contribution in [0.2, 0.25) is 5.02 Å². The minimum atomic E-state index is 0.488. The lowest BCUT2D eigenvalue weighted by atomic mass is 10.0. The molecule has 0 N–H and O–H groups in total. The number of thiophene rings is 1. The molecule has 1 aliphatic heterocycles. The smallest absolute Gasteiger partial charge is 0.160 e. The quantitative estimate of drug-likeness (QED) is 0.443. The molecule has 0 unspecified atom stereocenters. The first kappa shape index (κ1) is 18.3. The van der Waals surface area contributed by atoms with Crippen molar-refractivity contribution in [2.75, 3.05) is 0 Å². The summed E-state index contributed by atoms with van der Waals surface area (Å²) in [6, 6.07) is 20.8. The molecule has 2 aromatic carbocycles. The molecule has 0 amide bonds. The molecule has 1 aliphatic rings. The van der Waals surface area contributed by atoms with Crippen LogP contribution in [0.4, 0.5) is 0 Å². The molecule has 6 heteroatoms. The normalized spacial score (nSPS) is 12.8. The molecule has 0 fully saturated rings. The Balaban J connectivity index is 1.59. The highest BCUT2D eigenvalue weighted by Gasteiger charge is 2.25. The molecular weight excluding hydrogens is 400 g/mol. The molecule has 0 aliphatic carbocycles. The second-order valence-electron chi connectivity index (χ2n) is 7.06. The summed E-state index contributed by atoms with van der Waals surface area (Å²) in [5.74, 6) is 1.75. The number of benzene rings is 2. The Bertz CT molecular complexity index is 1210. The molecule has 0 saturated carbocycles. The van der Waals surface area contributed by atoms with Gasteiger partial charge in [-0.2, -0.15) is 0 Å². The second-order valence-corrected chi connectivity index (χ2v) is 8.58. The predicted octanol–water partition coefficient (Wildman–Crippen LogP) is 5.43. The first-order chi connectivity index (χ1) is 14.2. The van der Waals surface area contributed by atoms with Gasteiger partial charge in [0.2, 0.25) is 0 Å². The van der Waals surface area contributed by atoms with Crippen molar-refractivity contribution in [2.24, 2.45) is 4.99 Å². The molecule has 3 heterocycles. The Hall–Kier alpha value is -2.76. The first-order valence-electron chi connectivity index (χ1n) is 9.58. The van der Waals surface area contributed by atoms with E-state index in [1.807, 2.05) is 31.2 Å². The van der Waals surface area contributed by atoms with Gasteiger partial charge >= 0.3 is 0 Å². The monoisotopic (exact) mass is 418 g/mol. The SMILES string of the molecule is Cc1nnc2n1-c1sc(CCc3ccccc3)cc1C(c1ccccc1Cl)=NC2. The van der Waals surface area contributed by atoms with E-state index in [2.05, 4.69) is 51.2 Å². The van der Waals surface area contributed by atoms with Gasteiger partial charge in [0.25, 0.3) is 0 Å². The van der Waals surface area contributed by atoms with Crippen LogP contribution >= 0.6 is 22.9 Å². The molecule has 144 valence electrons. The standard InChI is InChI=1S/C23H19ClN4S/c1-15-26-27-21-14-25-22(18-9-5-6-10-20(18)24)19-13-17(29-23(19)28(15)21)12-11-16-7-3-2-4-8-16/h2-10,13H,11-12,14H2,1H3. The third-order valence-corrected chi connectivity index (χ3v) is 6.63. The largest absolute Gasteiger partial charge is 0.276 e. The van der Waals surface area contributed by atoms with Gasteiger partial charge in [0.05, 0.1) is 5.71 Å². The molecule has 29 heavy (non-hydrogen) atoms. The number of rotatable bonds is 4. The summed E-state index contributed by atoms with van der Waals surface area (Å²) < 4.78 is 2.14. The van der Waals surface area contributed by atoms with Crippen LogP contribution < -0.4 is 0 Å². The Labute approximate surface area is 178 Å². The van der Waals surface area contributed by atoms with E-state index in [0.717, 1.165) is 46.3 Å². The number of halogens is 1. The van der Waals surface area contributed by atoms with Crippen molar-refractivity contribution in [3.8, 4) is 5.00 Å². The van der Waals surface area contributed by atoms with Crippen LogP contribution in [0.25, 0.3) is 5.00 Å². The van der Waals surface area contributed by atoms with Crippen LogP contribution in [0.3, 0.4) is 0 Å². The lowest BCUT2D eigenvalue weighted by Crippen LogP contribution is -2.05. The van der Waals surface area contributed by atoms with Crippen LogP contribution in [0.5, 0.6) is 0 Å². The zero-order valence-corrected chi connectivity index (χ0v) is 17.5. The molecule has 4 aromatic rings. The summed E-state index contributed by atoms with van der Waals surface area (Å²) in [6.07, 6.45) is 1.99. The van der Waals surface area contributed by atoms with Crippen molar-refractivity contribution in [3.63, 3.8) is 0 Å². The molecule has 0 radical (unpaired) electrons. The maximum atomic E-state index is 6.53. The van der Waals surface area contributed by atoms with Gasteiger partial charge in [-0.1, -0.05) is 60.1 Å².